The van der Waals surface area contributed by atoms with Crippen molar-refractivity contribution in [1.29, 1.82) is 0 Å². The number of carbonyl (C=O) groups excluding carboxylic acids is 3. The van der Waals surface area contributed by atoms with Gasteiger partial charge in [0.25, 0.3) is 0 Å². The summed E-state index contributed by atoms with van der Waals surface area (Å²) in [4.78, 5) is 51.1. The average Bonchev–Trinajstić information content (AvgIpc) is 3.39. The van der Waals surface area contributed by atoms with Crippen molar-refractivity contribution < 1.29 is 58.2 Å². The zero-order valence-corrected chi connectivity index (χ0v) is 48.6. The van der Waals surface area contributed by atoms with Crippen LogP contribution in [0.4, 0.5) is 0 Å². The molecular weight excluding hydrogens is 949 g/mol. The number of unbranched alkanes of at least 4 members (excludes halogenated alkanes) is 39. The van der Waals surface area contributed by atoms with Crippen LogP contribution in [0, 0.1) is 0 Å². The Hall–Kier alpha value is -2.54. The fourth-order valence-corrected chi connectivity index (χ4v) is 9.94. The van der Waals surface area contributed by atoms with E-state index in [1.807, 2.05) is 0 Å². The number of rotatable bonds is 55. The molecule has 0 aromatic heterocycles. The predicted molar refractivity (Wildman–Crippen MR) is 304 cm³/mol. The molecule has 1 fully saturated rings. The van der Waals surface area contributed by atoms with Crippen LogP contribution >= 0.6 is 0 Å². The van der Waals surface area contributed by atoms with Crippen LogP contribution in [0.3, 0.4) is 0 Å². The highest BCUT2D eigenvalue weighted by atomic mass is 16.7. The maximum Gasteiger partial charge on any atom is 0.335 e. The largest absolute Gasteiger partial charge is 0.479 e. The molecule has 0 saturated carbocycles. The van der Waals surface area contributed by atoms with E-state index in [1.165, 1.54) is 180 Å². The molecule has 12 heteroatoms. The summed E-state index contributed by atoms with van der Waals surface area (Å²) in [5, 5.41) is 31.5. The maximum atomic E-state index is 13.2. The number of aliphatic hydroxyl groups is 2. The Morgan fingerprint density at radius 1 is 0.427 bits per heavy atom. The summed E-state index contributed by atoms with van der Waals surface area (Å²) in [6.07, 6.45) is 46.2. The van der Waals surface area contributed by atoms with Gasteiger partial charge in [0.15, 0.2) is 24.6 Å². The summed E-state index contributed by atoms with van der Waals surface area (Å²) in [5.41, 5.74) is 0. The highest BCUT2D eigenvalue weighted by Crippen LogP contribution is 2.27. The number of allylic oxidation sites excluding steroid dienone is 2. The van der Waals surface area contributed by atoms with Crippen molar-refractivity contribution in [2.45, 2.75) is 353 Å². The molecule has 12 nitrogen and oxygen atoms in total. The first-order valence-corrected chi connectivity index (χ1v) is 31.7. The molecule has 440 valence electrons. The molecule has 0 spiro atoms. The number of carbonyl (C=O) groups is 4. The third kappa shape index (κ3) is 42.1. The van der Waals surface area contributed by atoms with E-state index >= 15 is 0 Å². The van der Waals surface area contributed by atoms with Gasteiger partial charge in [0.05, 0.1) is 6.61 Å². The number of ether oxygens (including phenoxy) is 5. The predicted octanol–water partition coefficient (Wildman–Crippen LogP) is 16.5. The van der Waals surface area contributed by atoms with E-state index in [0.717, 1.165) is 77.0 Å². The molecule has 1 rings (SSSR count). The molecule has 0 aromatic rings. The molecule has 1 aliphatic rings. The Kier molecular flexibility index (Phi) is 49.0. The molecule has 0 aliphatic carbocycles. The van der Waals surface area contributed by atoms with E-state index in [-0.39, 0.29) is 25.9 Å². The summed E-state index contributed by atoms with van der Waals surface area (Å²) in [5.74, 6) is -3.09. The normalized spacial score (nSPS) is 18.1. The lowest BCUT2D eigenvalue weighted by atomic mass is 9.98. The minimum Gasteiger partial charge on any atom is -0.479 e. The van der Waals surface area contributed by atoms with Gasteiger partial charge in [0, 0.05) is 19.3 Å². The summed E-state index contributed by atoms with van der Waals surface area (Å²) < 4.78 is 28.5. The number of carboxylic acids is 1. The molecule has 3 N–H and O–H groups in total. The first kappa shape index (κ1) is 70.5. The Morgan fingerprint density at radius 3 is 1.17 bits per heavy atom. The molecule has 1 heterocycles. The first-order chi connectivity index (χ1) is 36.6. The molecule has 6 unspecified atom stereocenters. The number of hydrogen-bond acceptors (Lipinski definition) is 11. The van der Waals surface area contributed by atoms with Crippen LogP contribution in [-0.2, 0) is 42.9 Å². The third-order valence-electron chi connectivity index (χ3n) is 14.8. The molecule has 1 aliphatic heterocycles. The van der Waals surface area contributed by atoms with E-state index in [2.05, 4.69) is 32.9 Å². The average molecular weight is 1070 g/mol. The van der Waals surface area contributed by atoms with Crippen LogP contribution in [0.15, 0.2) is 12.2 Å². The quantitative estimate of drug-likeness (QED) is 0.0228. The Bertz CT molecular complexity index is 1360. The summed E-state index contributed by atoms with van der Waals surface area (Å²) in [7, 11) is 0. The molecule has 1 saturated heterocycles. The lowest BCUT2D eigenvalue weighted by Crippen LogP contribution is -2.61. The second kappa shape index (κ2) is 52.2. The van der Waals surface area contributed by atoms with Crippen LogP contribution in [0.1, 0.15) is 316 Å². The molecule has 0 radical (unpaired) electrons. The standard InChI is InChI=1S/C63H116O12/c1-4-7-10-13-16-19-22-24-26-27-28-29-31-32-35-37-40-43-46-49-55(64)71-52-54(73-56(65)50-47-44-41-39-36-33-30-25-23-20-17-14-11-8-5-2)53-72-63-61(59(68)58(67)60(75-63)62(69)70)74-57(66)51-48-45-42-38-34-21-18-15-12-9-6-3/h15,18,54,58-61,63,67-68H,4-14,16-17,19-53H2,1-3H3,(H,69,70)/b18-15-. The number of carboxylic acid groups (broad SMARTS) is 1. The SMILES string of the molecule is CCCC/C=C\CCCCCCCC(=O)OC1C(OCC(COC(=O)CCCCCCCCCCCCCCCCCCCCC)OC(=O)CCCCCCCCCCCCCCCCC)OC(C(=O)O)C(O)C1O. The third-order valence-corrected chi connectivity index (χ3v) is 14.8. The van der Waals surface area contributed by atoms with Crippen LogP contribution in [0.25, 0.3) is 0 Å². The van der Waals surface area contributed by atoms with Gasteiger partial charge in [0.2, 0.25) is 0 Å². The summed E-state index contributed by atoms with van der Waals surface area (Å²) >= 11 is 0. The van der Waals surface area contributed by atoms with Crippen LogP contribution in [0.5, 0.6) is 0 Å². The van der Waals surface area contributed by atoms with Crippen molar-refractivity contribution in [2.24, 2.45) is 0 Å². The van der Waals surface area contributed by atoms with Crippen molar-refractivity contribution in [2.75, 3.05) is 13.2 Å². The second-order valence-electron chi connectivity index (χ2n) is 22.1. The molecule has 6 atom stereocenters. The Labute approximate surface area is 458 Å². The second-order valence-corrected chi connectivity index (χ2v) is 22.1. The Morgan fingerprint density at radius 2 is 0.773 bits per heavy atom. The van der Waals surface area contributed by atoms with Crippen molar-refractivity contribution >= 4 is 23.9 Å². The van der Waals surface area contributed by atoms with Crippen molar-refractivity contribution in [3.8, 4) is 0 Å². The summed E-state index contributed by atoms with van der Waals surface area (Å²) in [6, 6.07) is 0. The van der Waals surface area contributed by atoms with E-state index < -0.39 is 67.3 Å². The van der Waals surface area contributed by atoms with Gasteiger partial charge in [-0.05, 0) is 38.5 Å². The van der Waals surface area contributed by atoms with Crippen LogP contribution in [-0.4, -0.2) is 89.2 Å². The van der Waals surface area contributed by atoms with Gasteiger partial charge in [-0.15, -0.1) is 0 Å². The van der Waals surface area contributed by atoms with Gasteiger partial charge in [-0.25, -0.2) is 4.79 Å². The molecular formula is C63H116O12. The zero-order chi connectivity index (χ0) is 54.7. The van der Waals surface area contributed by atoms with Gasteiger partial charge < -0.3 is 39.0 Å². The van der Waals surface area contributed by atoms with Gasteiger partial charge in [-0.2, -0.15) is 0 Å². The minimum atomic E-state index is -1.90. The molecule has 75 heavy (non-hydrogen) atoms. The maximum absolute atomic E-state index is 13.2. The number of aliphatic hydroxyl groups excluding tert-OH is 2. The van der Waals surface area contributed by atoms with Gasteiger partial charge in [-0.1, -0.05) is 270 Å². The molecule has 0 amide bonds. The van der Waals surface area contributed by atoms with Crippen molar-refractivity contribution in [1.82, 2.24) is 0 Å². The lowest BCUT2D eigenvalue weighted by molar-refractivity contribution is -0.301. The van der Waals surface area contributed by atoms with Crippen molar-refractivity contribution in [3.63, 3.8) is 0 Å². The highest BCUT2D eigenvalue weighted by molar-refractivity contribution is 5.74. The zero-order valence-electron chi connectivity index (χ0n) is 48.6. The van der Waals surface area contributed by atoms with Crippen LogP contribution < -0.4 is 0 Å². The fraction of sp³-hybridized carbons (Fsp3) is 0.905. The topological polar surface area (TPSA) is 175 Å². The number of aliphatic carboxylic acids is 1. The Balaban J connectivity index is 2.62. The van der Waals surface area contributed by atoms with E-state index in [0.29, 0.717) is 19.3 Å². The fourth-order valence-electron chi connectivity index (χ4n) is 9.94. The highest BCUT2D eigenvalue weighted by Gasteiger charge is 2.50. The molecule has 0 aromatic carbocycles. The van der Waals surface area contributed by atoms with E-state index in [9.17, 15) is 34.5 Å². The van der Waals surface area contributed by atoms with E-state index in [4.69, 9.17) is 23.7 Å². The van der Waals surface area contributed by atoms with Crippen LogP contribution in [0.2, 0.25) is 0 Å². The van der Waals surface area contributed by atoms with E-state index in [1.54, 1.807) is 0 Å². The number of hydrogen-bond donors (Lipinski definition) is 3. The minimum absolute atomic E-state index is 0.0559. The van der Waals surface area contributed by atoms with Gasteiger partial charge >= 0.3 is 23.9 Å². The monoisotopic (exact) mass is 1060 g/mol. The summed E-state index contributed by atoms with van der Waals surface area (Å²) in [6.45, 7) is 6.00. The lowest BCUT2D eigenvalue weighted by Gasteiger charge is -2.40. The number of esters is 3. The van der Waals surface area contributed by atoms with Crippen molar-refractivity contribution in [3.05, 3.63) is 12.2 Å². The molecule has 0 bridgehead atoms. The van der Waals surface area contributed by atoms with Gasteiger partial charge in [-0.3, -0.25) is 14.4 Å². The first-order valence-electron chi connectivity index (χ1n) is 31.7. The van der Waals surface area contributed by atoms with Gasteiger partial charge in [0.1, 0.15) is 18.8 Å². The smallest absolute Gasteiger partial charge is 0.335 e.